The van der Waals surface area contributed by atoms with Gasteiger partial charge in [0.1, 0.15) is 4.08 Å². The number of carbonyl (C=O) groups excluding carboxylic acids is 2. The van der Waals surface area contributed by atoms with Crippen LogP contribution < -0.4 is 0 Å². The number of esters is 2. The average molecular weight is 411 g/mol. The van der Waals surface area contributed by atoms with Gasteiger partial charge in [0.15, 0.2) is 0 Å². The molecule has 5 aliphatic rings. The van der Waals surface area contributed by atoms with Gasteiger partial charge in [-0.3, -0.25) is 9.59 Å². The lowest BCUT2D eigenvalue weighted by atomic mass is 9.71. The number of thioether (sulfide) groups is 2. The molecule has 7 heteroatoms. The molecule has 0 aromatic carbocycles. The molecule has 148 valence electrons. The van der Waals surface area contributed by atoms with E-state index in [2.05, 4.69) is 0 Å². The van der Waals surface area contributed by atoms with Crippen molar-refractivity contribution in [2.45, 2.75) is 54.3 Å². The van der Waals surface area contributed by atoms with E-state index >= 15 is 0 Å². The third-order valence-electron chi connectivity index (χ3n) is 7.39. The maximum Gasteiger partial charge on any atom is 0.309 e. The standard InChI is InChI=1S/C20H26O5S2/c1-23-17(21)12-9-14-15(10-13(12)18(22)24-2)20(26-6-7-27-20)19-5-3-4-11(19)8-16(14)25-19/h11-13,16H,3-10H2,1-2H3/t11-,12+,13+,16+,19-/m0/s1. The summed E-state index contributed by atoms with van der Waals surface area (Å²) in [5, 5.41) is 0. The molecule has 2 spiro atoms. The smallest absolute Gasteiger partial charge is 0.309 e. The topological polar surface area (TPSA) is 61.8 Å². The second kappa shape index (κ2) is 6.42. The Labute approximate surface area is 168 Å². The van der Waals surface area contributed by atoms with E-state index in [-0.39, 0.29) is 27.7 Å². The lowest BCUT2D eigenvalue weighted by molar-refractivity contribution is -0.158. The highest BCUT2D eigenvalue weighted by molar-refractivity contribution is 8.21. The van der Waals surface area contributed by atoms with Crippen LogP contribution in [-0.4, -0.2) is 53.4 Å². The normalized spacial score (nSPS) is 41.4. The minimum atomic E-state index is -0.465. The van der Waals surface area contributed by atoms with Crippen LogP contribution in [0.2, 0.25) is 0 Å². The van der Waals surface area contributed by atoms with Crippen LogP contribution in [0.1, 0.15) is 38.5 Å². The van der Waals surface area contributed by atoms with Gasteiger partial charge in [-0.25, -0.2) is 0 Å². The van der Waals surface area contributed by atoms with Crippen molar-refractivity contribution < 1.29 is 23.8 Å². The summed E-state index contributed by atoms with van der Waals surface area (Å²) >= 11 is 4.05. The van der Waals surface area contributed by atoms with E-state index in [0.29, 0.717) is 18.8 Å². The Morgan fingerprint density at radius 3 is 2.41 bits per heavy atom. The molecule has 0 aromatic heterocycles. The van der Waals surface area contributed by atoms with E-state index in [1.165, 1.54) is 38.2 Å². The van der Waals surface area contributed by atoms with E-state index in [4.69, 9.17) is 14.2 Å². The van der Waals surface area contributed by atoms with Crippen molar-refractivity contribution in [2.24, 2.45) is 17.8 Å². The second-order valence-electron chi connectivity index (χ2n) is 8.31. The highest BCUT2D eigenvalue weighted by Gasteiger charge is 2.70. The first-order valence-corrected chi connectivity index (χ1v) is 11.9. The molecule has 0 aromatic rings. The van der Waals surface area contributed by atoms with Gasteiger partial charge in [0, 0.05) is 11.5 Å². The van der Waals surface area contributed by atoms with Crippen LogP contribution in [0.4, 0.5) is 0 Å². The molecule has 0 unspecified atom stereocenters. The third kappa shape index (κ3) is 2.31. The van der Waals surface area contributed by atoms with Gasteiger partial charge >= 0.3 is 11.9 Å². The molecule has 5 nitrogen and oxygen atoms in total. The van der Waals surface area contributed by atoms with Crippen LogP contribution in [0.15, 0.2) is 11.1 Å². The van der Waals surface area contributed by atoms with Crippen LogP contribution >= 0.6 is 23.5 Å². The molecular weight excluding hydrogens is 384 g/mol. The zero-order chi connectivity index (χ0) is 18.8. The highest BCUT2D eigenvalue weighted by atomic mass is 32.2. The van der Waals surface area contributed by atoms with Gasteiger partial charge in [0.2, 0.25) is 0 Å². The zero-order valence-electron chi connectivity index (χ0n) is 15.8. The number of ether oxygens (including phenoxy) is 3. The van der Waals surface area contributed by atoms with E-state index in [1.54, 1.807) is 0 Å². The highest BCUT2D eigenvalue weighted by Crippen LogP contribution is 2.71. The minimum Gasteiger partial charge on any atom is -0.469 e. The SMILES string of the molecule is COC(=O)[C@@H]1CC2=C(C[C@H]1C(=O)OC)C1(SCCS1)[C@]13CCC[C@H]1C[C@H]2O3. The van der Waals surface area contributed by atoms with Gasteiger partial charge in [-0.15, -0.1) is 23.5 Å². The molecule has 3 fully saturated rings. The molecular formula is C20H26O5S2. The first-order chi connectivity index (χ1) is 13.1. The van der Waals surface area contributed by atoms with Crippen LogP contribution in [0.25, 0.3) is 0 Å². The van der Waals surface area contributed by atoms with Crippen LogP contribution in [0.3, 0.4) is 0 Å². The van der Waals surface area contributed by atoms with Crippen molar-refractivity contribution in [3.63, 3.8) is 0 Å². The summed E-state index contributed by atoms with van der Waals surface area (Å²) in [6.45, 7) is 0. The summed E-state index contributed by atoms with van der Waals surface area (Å²) in [7, 11) is 2.81. The molecule has 0 N–H and O–H groups in total. The summed E-state index contributed by atoms with van der Waals surface area (Å²) in [5.74, 6) is 1.32. The van der Waals surface area contributed by atoms with Crippen LogP contribution in [0, 0.1) is 17.8 Å². The molecule has 3 heterocycles. The quantitative estimate of drug-likeness (QED) is 0.512. The summed E-state index contributed by atoms with van der Waals surface area (Å²) in [4.78, 5) is 25.1. The molecule has 0 radical (unpaired) electrons. The summed E-state index contributed by atoms with van der Waals surface area (Å²) < 4.78 is 16.9. The van der Waals surface area contributed by atoms with Gasteiger partial charge in [-0.2, -0.15) is 0 Å². The number of hydrogen-bond donors (Lipinski definition) is 0. The lowest BCUT2D eigenvalue weighted by Crippen LogP contribution is -2.56. The molecule has 3 aliphatic heterocycles. The fraction of sp³-hybridized carbons (Fsp3) is 0.800. The van der Waals surface area contributed by atoms with Gasteiger partial charge in [0.05, 0.1) is 37.8 Å². The summed E-state index contributed by atoms with van der Waals surface area (Å²) in [5.41, 5.74) is 2.60. The summed E-state index contributed by atoms with van der Waals surface area (Å²) in [6.07, 6.45) is 5.94. The Morgan fingerprint density at radius 1 is 1.07 bits per heavy atom. The number of methoxy groups -OCH3 is 2. The van der Waals surface area contributed by atoms with Gasteiger partial charge in [-0.05, 0) is 49.2 Å². The van der Waals surface area contributed by atoms with Crippen molar-refractivity contribution >= 4 is 35.5 Å². The van der Waals surface area contributed by atoms with Crippen LogP contribution in [0.5, 0.6) is 0 Å². The average Bonchev–Trinajstić information content (AvgIpc) is 3.38. The lowest BCUT2D eigenvalue weighted by Gasteiger charge is -2.52. The van der Waals surface area contributed by atoms with Crippen molar-refractivity contribution in [1.82, 2.24) is 0 Å². The van der Waals surface area contributed by atoms with E-state index < -0.39 is 11.8 Å². The van der Waals surface area contributed by atoms with Crippen molar-refractivity contribution in [3.05, 3.63) is 11.1 Å². The molecule has 2 aliphatic carbocycles. The Kier molecular flexibility index (Phi) is 4.37. The first kappa shape index (κ1) is 18.4. The number of hydrogen-bond acceptors (Lipinski definition) is 7. The van der Waals surface area contributed by atoms with E-state index in [1.807, 2.05) is 23.5 Å². The Morgan fingerprint density at radius 2 is 1.74 bits per heavy atom. The molecule has 2 bridgehead atoms. The summed E-state index contributed by atoms with van der Waals surface area (Å²) in [6, 6.07) is 0. The third-order valence-corrected chi connectivity index (χ3v) is 11.2. The molecule has 0 amide bonds. The Balaban J connectivity index is 1.62. The molecule has 5 atom stereocenters. The van der Waals surface area contributed by atoms with Gasteiger partial charge in [0.25, 0.3) is 0 Å². The Bertz CT molecular complexity index is 713. The zero-order valence-corrected chi connectivity index (χ0v) is 17.5. The molecule has 5 rings (SSSR count). The number of carbonyl (C=O) groups is 2. The molecule has 27 heavy (non-hydrogen) atoms. The fourth-order valence-electron chi connectivity index (χ4n) is 6.35. The molecule has 2 saturated heterocycles. The fourth-order valence-corrected chi connectivity index (χ4v) is 10.3. The van der Waals surface area contributed by atoms with E-state index in [9.17, 15) is 9.59 Å². The van der Waals surface area contributed by atoms with Gasteiger partial charge in [-0.1, -0.05) is 6.42 Å². The second-order valence-corrected chi connectivity index (χ2v) is 11.2. The van der Waals surface area contributed by atoms with Crippen molar-refractivity contribution in [2.75, 3.05) is 25.7 Å². The van der Waals surface area contributed by atoms with Gasteiger partial charge < -0.3 is 14.2 Å². The van der Waals surface area contributed by atoms with Crippen molar-refractivity contribution in [3.8, 4) is 0 Å². The maximum absolute atomic E-state index is 12.6. The monoisotopic (exact) mass is 410 g/mol. The van der Waals surface area contributed by atoms with Crippen LogP contribution in [-0.2, 0) is 23.8 Å². The Hall–Kier alpha value is -0.660. The maximum atomic E-state index is 12.6. The largest absolute Gasteiger partial charge is 0.469 e. The predicted molar refractivity (Wildman–Crippen MR) is 104 cm³/mol. The van der Waals surface area contributed by atoms with Crippen molar-refractivity contribution in [1.29, 1.82) is 0 Å². The minimum absolute atomic E-state index is 0.0795. The number of fused-ring (bicyclic) bond motifs is 3. The predicted octanol–water partition coefficient (Wildman–Crippen LogP) is 3.17. The molecule has 1 saturated carbocycles. The first-order valence-electron chi connectivity index (χ1n) is 9.90. The van der Waals surface area contributed by atoms with E-state index in [0.717, 1.165) is 24.3 Å². The number of rotatable bonds is 2.